The van der Waals surface area contributed by atoms with Crippen LogP contribution in [0.15, 0.2) is 33.9 Å². The van der Waals surface area contributed by atoms with Crippen molar-refractivity contribution in [3.63, 3.8) is 0 Å². The molecule has 30 heavy (non-hydrogen) atoms. The summed E-state index contributed by atoms with van der Waals surface area (Å²) in [5.41, 5.74) is 0.726. The lowest BCUT2D eigenvalue weighted by Crippen LogP contribution is -2.38. The van der Waals surface area contributed by atoms with Crippen LogP contribution in [-0.2, 0) is 18.8 Å². The number of aryl methyl sites for hydroxylation is 2. The fraction of sp³-hybridized carbons (Fsp3) is 0.364. The first-order valence-electron chi connectivity index (χ1n) is 9.59. The Kier molecular flexibility index (Phi) is 5.78. The van der Waals surface area contributed by atoms with Gasteiger partial charge in [0.05, 0.1) is 30.4 Å². The van der Waals surface area contributed by atoms with E-state index < -0.39 is 17.2 Å². The summed E-state index contributed by atoms with van der Waals surface area (Å²) in [6.45, 7) is 5.77. The summed E-state index contributed by atoms with van der Waals surface area (Å²) < 4.78 is 13.1. The molecule has 0 spiro atoms. The number of fused-ring (bicyclic) bond motifs is 1. The minimum Gasteiger partial charge on any atom is -0.497 e. The highest BCUT2D eigenvalue weighted by atomic mass is 16.5. The highest BCUT2D eigenvalue weighted by molar-refractivity contribution is 6.07. The summed E-state index contributed by atoms with van der Waals surface area (Å²) in [7, 11) is 4.48. The molecular weight excluding hydrogens is 386 g/mol. The number of hydrogen-bond acceptors (Lipinski definition) is 6. The maximum Gasteiger partial charge on any atom is 0.340 e. The van der Waals surface area contributed by atoms with Gasteiger partial charge in [0, 0.05) is 19.7 Å². The summed E-state index contributed by atoms with van der Waals surface area (Å²) >= 11 is 0. The van der Waals surface area contributed by atoms with E-state index in [1.54, 1.807) is 38.2 Å². The van der Waals surface area contributed by atoms with Gasteiger partial charge in [-0.2, -0.15) is 0 Å². The van der Waals surface area contributed by atoms with Crippen LogP contribution in [0.4, 0.5) is 0 Å². The second-order valence-electron chi connectivity index (χ2n) is 7.58. The average Bonchev–Trinajstić information content (AvgIpc) is 2.73. The average molecular weight is 411 g/mol. The molecule has 0 aliphatic heterocycles. The molecule has 0 N–H and O–H groups in total. The van der Waals surface area contributed by atoms with Crippen LogP contribution in [0.3, 0.4) is 0 Å². The van der Waals surface area contributed by atoms with Gasteiger partial charge >= 0.3 is 11.7 Å². The molecule has 0 aliphatic carbocycles. The zero-order chi connectivity index (χ0) is 22.2. The number of esters is 1. The molecule has 158 valence electrons. The summed E-state index contributed by atoms with van der Waals surface area (Å²) in [6, 6.07) is 7.05. The summed E-state index contributed by atoms with van der Waals surface area (Å²) in [5, 5.41) is 0.176. The van der Waals surface area contributed by atoms with Crippen LogP contribution in [0, 0.1) is 12.8 Å². The molecule has 3 aromatic rings. The quantitative estimate of drug-likeness (QED) is 0.599. The van der Waals surface area contributed by atoms with Crippen molar-refractivity contribution in [3.8, 4) is 16.9 Å². The van der Waals surface area contributed by atoms with E-state index >= 15 is 0 Å². The smallest absolute Gasteiger partial charge is 0.340 e. The number of benzene rings is 1. The lowest BCUT2D eigenvalue weighted by Gasteiger charge is -2.17. The molecular formula is C22H25N3O5. The van der Waals surface area contributed by atoms with Crippen LogP contribution in [-0.4, -0.2) is 33.8 Å². The van der Waals surface area contributed by atoms with Crippen LogP contribution in [0.2, 0.25) is 0 Å². The Balaban J connectivity index is 2.49. The van der Waals surface area contributed by atoms with Gasteiger partial charge in [-0.15, -0.1) is 0 Å². The number of hydrogen-bond donors (Lipinski definition) is 0. The highest BCUT2D eigenvalue weighted by Crippen LogP contribution is 2.33. The van der Waals surface area contributed by atoms with Crippen LogP contribution in [0.5, 0.6) is 5.75 Å². The van der Waals surface area contributed by atoms with Crippen molar-refractivity contribution in [3.05, 3.63) is 56.4 Å². The minimum absolute atomic E-state index is 0.150. The molecule has 0 atom stereocenters. The zero-order valence-electron chi connectivity index (χ0n) is 18.0. The molecule has 0 saturated heterocycles. The van der Waals surface area contributed by atoms with Crippen molar-refractivity contribution in [2.75, 3.05) is 13.7 Å². The Morgan fingerprint density at radius 1 is 1.17 bits per heavy atom. The Morgan fingerprint density at radius 2 is 1.87 bits per heavy atom. The van der Waals surface area contributed by atoms with Crippen molar-refractivity contribution in [1.82, 2.24) is 14.1 Å². The molecule has 0 aliphatic rings. The van der Waals surface area contributed by atoms with Crippen molar-refractivity contribution in [2.24, 2.45) is 20.0 Å². The number of pyridine rings is 1. The largest absolute Gasteiger partial charge is 0.497 e. The van der Waals surface area contributed by atoms with Gasteiger partial charge in [-0.1, -0.05) is 26.0 Å². The zero-order valence-corrected chi connectivity index (χ0v) is 18.0. The third-order valence-electron chi connectivity index (χ3n) is 4.88. The van der Waals surface area contributed by atoms with E-state index in [0.29, 0.717) is 22.6 Å². The van der Waals surface area contributed by atoms with Crippen LogP contribution >= 0.6 is 0 Å². The van der Waals surface area contributed by atoms with E-state index in [1.165, 1.54) is 18.7 Å². The lowest BCUT2D eigenvalue weighted by molar-refractivity contribution is 0.0458. The standard InChI is InChI=1S/C22H25N3O5/c1-12(2)11-30-21(27)16-13(3)23-19-18(20(26)25(5)22(28)24(19)4)17(16)14-8-7-9-15(10-14)29-6/h7-10,12H,11H2,1-6H3. The fourth-order valence-corrected chi connectivity index (χ4v) is 3.34. The highest BCUT2D eigenvalue weighted by Gasteiger charge is 2.26. The van der Waals surface area contributed by atoms with Crippen molar-refractivity contribution >= 4 is 17.0 Å². The molecule has 8 nitrogen and oxygen atoms in total. The van der Waals surface area contributed by atoms with Gasteiger partial charge < -0.3 is 9.47 Å². The normalized spacial score (nSPS) is 11.2. The maximum atomic E-state index is 13.1. The van der Waals surface area contributed by atoms with Crippen LogP contribution < -0.4 is 16.0 Å². The summed E-state index contributed by atoms with van der Waals surface area (Å²) in [6.07, 6.45) is 0. The third kappa shape index (κ3) is 3.60. The predicted octanol–water partition coefficient (Wildman–Crippen LogP) is 2.43. The molecule has 0 radical (unpaired) electrons. The SMILES string of the molecule is COc1cccc(-c2c(C(=O)OCC(C)C)c(C)nc3c2c(=O)n(C)c(=O)n3C)c1. The lowest BCUT2D eigenvalue weighted by atomic mass is 9.95. The predicted molar refractivity (Wildman–Crippen MR) is 114 cm³/mol. The van der Waals surface area contributed by atoms with Crippen molar-refractivity contribution in [1.29, 1.82) is 0 Å². The van der Waals surface area contributed by atoms with Crippen LogP contribution in [0.25, 0.3) is 22.2 Å². The van der Waals surface area contributed by atoms with E-state index in [0.717, 1.165) is 4.57 Å². The van der Waals surface area contributed by atoms with Gasteiger partial charge in [-0.25, -0.2) is 14.6 Å². The van der Waals surface area contributed by atoms with E-state index in [1.807, 2.05) is 13.8 Å². The van der Waals surface area contributed by atoms with E-state index in [4.69, 9.17) is 9.47 Å². The Hall–Kier alpha value is -3.42. The van der Waals surface area contributed by atoms with E-state index in [9.17, 15) is 14.4 Å². The van der Waals surface area contributed by atoms with E-state index in [-0.39, 0.29) is 29.1 Å². The minimum atomic E-state index is -0.565. The maximum absolute atomic E-state index is 13.1. The Bertz CT molecular complexity index is 1250. The molecule has 1 aromatic carbocycles. The van der Waals surface area contributed by atoms with Gasteiger partial charge in [0.25, 0.3) is 5.56 Å². The molecule has 0 saturated carbocycles. The van der Waals surface area contributed by atoms with Gasteiger partial charge in [-0.3, -0.25) is 13.9 Å². The van der Waals surface area contributed by atoms with Crippen molar-refractivity contribution in [2.45, 2.75) is 20.8 Å². The number of nitrogens with zero attached hydrogens (tertiary/aromatic N) is 3. The monoisotopic (exact) mass is 411 g/mol. The van der Waals surface area contributed by atoms with Crippen molar-refractivity contribution < 1.29 is 14.3 Å². The Morgan fingerprint density at radius 3 is 2.50 bits per heavy atom. The number of methoxy groups -OCH3 is 1. The van der Waals surface area contributed by atoms with Gasteiger partial charge in [0.1, 0.15) is 11.4 Å². The topological polar surface area (TPSA) is 92.4 Å². The summed E-state index contributed by atoms with van der Waals surface area (Å²) in [4.78, 5) is 43.0. The van der Waals surface area contributed by atoms with Crippen LogP contribution in [0.1, 0.15) is 29.9 Å². The first-order valence-corrected chi connectivity index (χ1v) is 9.59. The molecule has 2 aromatic heterocycles. The first kappa shape index (κ1) is 21.3. The Labute approximate surface area is 173 Å². The molecule has 2 heterocycles. The molecule has 0 bridgehead atoms. The fourth-order valence-electron chi connectivity index (χ4n) is 3.34. The second kappa shape index (κ2) is 8.14. The van der Waals surface area contributed by atoms with Gasteiger partial charge in [-0.05, 0) is 30.5 Å². The summed E-state index contributed by atoms with van der Waals surface area (Å²) in [5.74, 6) is 0.152. The molecule has 0 fully saturated rings. The second-order valence-corrected chi connectivity index (χ2v) is 7.58. The number of ether oxygens (including phenoxy) is 2. The van der Waals surface area contributed by atoms with E-state index in [2.05, 4.69) is 4.98 Å². The molecule has 0 amide bonds. The number of carbonyl (C=O) groups is 1. The number of aromatic nitrogens is 3. The van der Waals surface area contributed by atoms with Gasteiger partial charge in [0.15, 0.2) is 0 Å². The van der Waals surface area contributed by atoms with Gasteiger partial charge in [0.2, 0.25) is 0 Å². The molecule has 0 unspecified atom stereocenters. The molecule has 3 rings (SSSR count). The molecule has 8 heteroatoms. The third-order valence-corrected chi connectivity index (χ3v) is 4.88. The number of carbonyl (C=O) groups excluding carboxylic acids is 1. The number of rotatable bonds is 5. The first-order chi connectivity index (χ1) is 14.2.